The molecule has 0 aliphatic heterocycles. The van der Waals surface area contributed by atoms with Gasteiger partial charge in [-0.15, -0.1) is 0 Å². The van der Waals surface area contributed by atoms with Crippen LogP contribution in [-0.4, -0.2) is 5.91 Å². The molecule has 1 unspecified atom stereocenters. The fraction of sp³-hybridized carbons (Fsp3) is 0.267. The van der Waals surface area contributed by atoms with Crippen molar-refractivity contribution in [3.8, 4) is 0 Å². The van der Waals surface area contributed by atoms with E-state index >= 15 is 0 Å². The lowest BCUT2D eigenvalue weighted by atomic mass is 10.1. The van der Waals surface area contributed by atoms with Crippen molar-refractivity contribution in [3.63, 3.8) is 0 Å². The first-order valence-electron chi connectivity index (χ1n) is 6.45. The Kier molecular flexibility index (Phi) is 4.10. The Morgan fingerprint density at radius 1 is 1.25 bits per heavy atom. The van der Waals surface area contributed by atoms with E-state index < -0.39 is 0 Å². The molecule has 0 aliphatic rings. The van der Waals surface area contributed by atoms with E-state index in [9.17, 15) is 4.79 Å². The Morgan fingerprint density at radius 2 is 1.90 bits per heavy atom. The van der Waals surface area contributed by atoms with Crippen molar-refractivity contribution >= 4 is 11.6 Å². The number of hydrogen-bond acceptors (Lipinski definition) is 4. The van der Waals surface area contributed by atoms with Crippen LogP contribution >= 0.6 is 0 Å². The zero-order valence-corrected chi connectivity index (χ0v) is 11.9. The van der Waals surface area contributed by atoms with Crippen molar-refractivity contribution in [2.45, 2.75) is 26.8 Å². The van der Waals surface area contributed by atoms with Crippen LogP contribution in [0.5, 0.6) is 0 Å². The predicted octanol–water partition coefficient (Wildman–Crippen LogP) is 2.67. The van der Waals surface area contributed by atoms with Crippen LogP contribution in [0, 0.1) is 13.8 Å². The summed E-state index contributed by atoms with van der Waals surface area (Å²) in [5.41, 5.74) is 4.87. The number of nitrogens with two attached hydrogens (primary N) is 1. The summed E-state index contributed by atoms with van der Waals surface area (Å²) < 4.78 is 5.48. The maximum absolute atomic E-state index is 12.2. The summed E-state index contributed by atoms with van der Waals surface area (Å²) in [6.45, 7) is 5.72. The van der Waals surface area contributed by atoms with E-state index in [0.29, 0.717) is 5.56 Å². The van der Waals surface area contributed by atoms with Crippen molar-refractivity contribution in [1.82, 2.24) is 5.32 Å². The minimum absolute atomic E-state index is 0.104. The van der Waals surface area contributed by atoms with Crippen LogP contribution in [-0.2, 0) is 0 Å². The molecule has 5 nitrogen and oxygen atoms in total. The van der Waals surface area contributed by atoms with E-state index in [2.05, 4.69) is 10.7 Å². The quantitative estimate of drug-likeness (QED) is 0.591. The van der Waals surface area contributed by atoms with Crippen LogP contribution < -0.4 is 16.6 Å². The molecule has 1 heterocycles. The van der Waals surface area contributed by atoms with E-state index in [-0.39, 0.29) is 11.9 Å². The van der Waals surface area contributed by atoms with E-state index in [1.165, 1.54) is 0 Å². The van der Waals surface area contributed by atoms with E-state index in [0.717, 1.165) is 22.8 Å². The van der Waals surface area contributed by atoms with Gasteiger partial charge in [-0.1, -0.05) is 0 Å². The van der Waals surface area contributed by atoms with Gasteiger partial charge in [0.2, 0.25) is 0 Å². The highest BCUT2D eigenvalue weighted by Crippen LogP contribution is 2.21. The molecule has 0 radical (unpaired) electrons. The number of furan rings is 1. The molecule has 0 bridgehead atoms. The fourth-order valence-corrected chi connectivity index (χ4v) is 2.16. The number of amides is 1. The first-order valence-corrected chi connectivity index (χ1v) is 6.45. The molecular formula is C15H19N3O2. The molecule has 1 aromatic carbocycles. The van der Waals surface area contributed by atoms with Crippen LogP contribution in [0.3, 0.4) is 0 Å². The maximum Gasteiger partial charge on any atom is 0.251 e. The monoisotopic (exact) mass is 273 g/mol. The Morgan fingerprint density at radius 3 is 2.40 bits per heavy atom. The number of nitrogens with one attached hydrogen (secondary N) is 2. The van der Waals surface area contributed by atoms with Crippen LogP contribution in [0.25, 0.3) is 0 Å². The maximum atomic E-state index is 12.2. The summed E-state index contributed by atoms with van der Waals surface area (Å²) >= 11 is 0. The van der Waals surface area contributed by atoms with Gasteiger partial charge < -0.3 is 15.2 Å². The highest BCUT2D eigenvalue weighted by Gasteiger charge is 2.15. The number of aryl methyl sites for hydroxylation is 2. The van der Waals surface area contributed by atoms with E-state index in [1.54, 1.807) is 24.3 Å². The normalized spacial score (nSPS) is 12.0. The van der Waals surface area contributed by atoms with Crippen molar-refractivity contribution in [1.29, 1.82) is 0 Å². The molecule has 2 aromatic rings. The minimum Gasteiger partial charge on any atom is -0.466 e. The van der Waals surface area contributed by atoms with E-state index in [4.69, 9.17) is 10.3 Å². The third kappa shape index (κ3) is 3.00. The lowest BCUT2D eigenvalue weighted by Crippen LogP contribution is -2.26. The summed E-state index contributed by atoms with van der Waals surface area (Å²) in [5.74, 6) is 6.84. The van der Waals surface area contributed by atoms with Gasteiger partial charge in [-0.2, -0.15) is 0 Å². The molecule has 106 valence electrons. The number of hydrogen-bond donors (Lipinski definition) is 3. The summed E-state index contributed by atoms with van der Waals surface area (Å²) in [7, 11) is 0. The number of hydrazine groups is 1. The zero-order chi connectivity index (χ0) is 14.7. The third-order valence-corrected chi connectivity index (χ3v) is 3.21. The van der Waals surface area contributed by atoms with Crippen LogP contribution in [0.15, 0.2) is 34.7 Å². The zero-order valence-electron chi connectivity index (χ0n) is 11.9. The molecule has 0 saturated carbocycles. The SMILES string of the molecule is Cc1cc(C(C)NC(=O)c2ccc(NN)cc2)c(C)o1. The van der Waals surface area contributed by atoms with Gasteiger partial charge in [0.05, 0.1) is 6.04 Å². The average molecular weight is 273 g/mol. The lowest BCUT2D eigenvalue weighted by molar-refractivity contribution is 0.0940. The Labute approximate surface area is 118 Å². The van der Waals surface area contributed by atoms with Crippen molar-refractivity contribution in [3.05, 3.63) is 53.0 Å². The van der Waals surface area contributed by atoms with Gasteiger partial charge >= 0.3 is 0 Å². The molecule has 0 saturated heterocycles. The van der Waals surface area contributed by atoms with Gasteiger partial charge in [0.25, 0.3) is 5.91 Å². The largest absolute Gasteiger partial charge is 0.466 e. The molecule has 20 heavy (non-hydrogen) atoms. The van der Waals surface area contributed by atoms with Gasteiger partial charge in [-0.05, 0) is 51.1 Å². The molecule has 0 spiro atoms. The molecular weight excluding hydrogens is 254 g/mol. The second-order valence-corrected chi connectivity index (χ2v) is 4.79. The van der Waals surface area contributed by atoms with Crippen molar-refractivity contribution in [2.24, 2.45) is 5.84 Å². The van der Waals surface area contributed by atoms with Gasteiger partial charge in [-0.25, -0.2) is 0 Å². The lowest BCUT2D eigenvalue weighted by Gasteiger charge is -2.13. The average Bonchev–Trinajstić information content (AvgIpc) is 2.78. The van der Waals surface area contributed by atoms with Gasteiger partial charge in [0.1, 0.15) is 11.5 Å². The van der Waals surface area contributed by atoms with Crippen molar-refractivity contribution in [2.75, 3.05) is 5.43 Å². The number of benzene rings is 1. The molecule has 1 aromatic heterocycles. The predicted molar refractivity (Wildman–Crippen MR) is 78.3 cm³/mol. The molecule has 1 atom stereocenters. The van der Waals surface area contributed by atoms with Crippen LogP contribution in [0.4, 0.5) is 5.69 Å². The summed E-state index contributed by atoms with van der Waals surface area (Å²) in [6, 6.07) is 8.81. The number of nitrogen functional groups attached to an aromatic ring is 1. The molecule has 0 aliphatic carbocycles. The molecule has 1 amide bonds. The number of carbonyl (C=O) groups is 1. The highest BCUT2D eigenvalue weighted by molar-refractivity contribution is 5.94. The highest BCUT2D eigenvalue weighted by atomic mass is 16.3. The second kappa shape index (κ2) is 5.79. The van der Waals surface area contributed by atoms with Crippen LogP contribution in [0.1, 0.15) is 40.4 Å². The van der Waals surface area contributed by atoms with Gasteiger partial charge in [-0.3, -0.25) is 10.6 Å². The van der Waals surface area contributed by atoms with Gasteiger partial charge in [0.15, 0.2) is 0 Å². The Balaban J connectivity index is 2.08. The molecule has 5 heteroatoms. The minimum atomic E-state index is -0.126. The topological polar surface area (TPSA) is 80.3 Å². The Hall–Kier alpha value is -2.27. The summed E-state index contributed by atoms with van der Waals surface area (Å²) in [6.07, 6.45) is 0. The molecule has 4 N–H and O–H groups in total. The van der Waals surface area contributed by atoms with Crippen molar-refractivity contribution < 1.29 is 9.21 Å². The number of carbonyl (C=O) groups excluding carboxylic acids is 1. The molecule has 2 rings (SSSR count). The standard InChI is InChI=1S/C15H19N3O2/c1-9-8-14(11(3)20-9)10(2)17-15(19)12-4-6-13(18-16)7-5-12/h4-8,10,18H,16H2,1-3H3,(H,17,19). The first kappa shape index (κ1) is 14.1. The third-order valence-electron chi connectivity index (χ3n) is 3.21. The van der Waals surface area contributed by atoms with E-state index in [1.807, 2.05) is 26.8 Å². The first-order chi connectivity index (χ1) is 9.51. The second-order valence-electron chi connectivity index (χ2n) is 4.79. The Bertz CT molecular complexity index is 602. The summed E-state index contributed by atoms with van der Waals surface area (Å²) in [4.78, 5) is 12.2. The van der Waals surface area contributed by atoms with Gasteiger partial charge in [0, 0.05) is 16.8 Å². The smallest absolute Gasteiger partial charge is 0.251 e. The van der Waals surface area contributed by atoms with Crippen LogP contribution in [0.2, 0.25) is 0 Å². The molecule has 0 fully saturated rings. The number of rotatable bonds is 4. The number of anilines is 1. The fourth-order valence-electron chi connectivity index (χ4n) is 2.16. The summed E-state index contributed by atoms with van der Waals surface area (Å²) in [5, 5.41) is 2.95.